The van der Waals surface area contributed by atoms with Gasteiger partial charge in [0.25, 0.3) is 5.91 Å². The highest BCUT2D eigenvalue weighted by atomic mass is 35.5. The Labute approximate surface area is 173 Å². The smallest absolute Gasteiger partial charge is 0.291 e. The number of rotatable bonds is 5. The molecule has 3 aromatic rings. The number of methoxy groups -OCH3 is 1. The molecule has 150 valence electrons. The first-order chi connectivity index (χ1) is 13.9. The summed E-state index contributed by atoms with van der Waals surface area (Å²) in [4.78, 5) is 29.6. The van der Waals surface area contributed by atoms with Crippen LogP contribution in [0.15, 0.2) is 51.7 Å². The fraction of sp³-hybridized carbons (Fsp3) is 0.273. The third-order valence-electron chi connectivity index (χ3n) is 5.19. The molecule has 1 atom stereocenters. The summed E-state index contributed by atoms with van der Waals surface area (Å²) >= 11 is 6.10. The number of halogens is 1. The van der Waals surface area contributed by atoms with Crippen LogP contribution in [0.3, 0.4) is 0 Å². The summed E-state index contributed by atoms with van der Waals surface area (Å²) in [5, 5.41) is 0.817. The van der Waals surface area contributed by atoms with Crippen LogP contribution in [0.25, 0.3) is 11.0 Å². The first-order valence-electron chi connectivity index (χ1n) is 9.41. The van der Waals surface area contributed by atoms with Gasteiger partial charge in [-0.2, -0.15) is 0 Å². The Balaban J connectivity index is 1.95. The number of carbonyl (C=O) groups is 1. The summed E-state index contributed by atoms with van der Waals surface area (Å²) in [7, 11) is 5.63. The molecule has 0 bridgehead atoms. The first-order valence-corrected chi connectivity index (χ1v) is 9.78. The molecule has 0 saturated carbocycles. The van der Waals surface area contributed by atoms with Crippen molar-refractivity contribution in [2.24, 2.45) is 0 Å². The van der Waals surface area contributed by atoms with Gasteiger partial charge in [0.1, 0.15) is 11.3 Å². The molecule has 4 rings (SSSR count). The van der Waals surface area contributed by atoms with Crippen molar-refractivity contribution in [1.29, 1.82) is 0 Å². The second kappa shape index (κ2) is 7.54. The van der Waals surface area contributed by atoms with E-state index in [1.165, 1.54) is 4.90 Å². The Morgan fingerprint density at radius 3 is 2.69 bits per heavy atom. The number of nitrogens with zero attached hydrogens (tertiary/aromatic N) is 1. The third-order valence-corrected chi connectivity index (χ3v) is 5.43. The second-order valence-corrected chi connectivity index (χ2v) is 7.89. The van der Waals surface area contributed by atoms with Crippen LogP contribution in [0.2, 0.25) is 5.02 Å². The Morgan fingerprint density at radius 1 is 1.17 bits per heavy atom. The largest absolute Gasteiger partial charge is 0.497 e. The van der Waals surface area contributed by atoms with E-state index in [-0.39, 0.29) is 17.1 Å². The van der Waals surface area contributed by atoms with Crippen LogP contribution in [-0.2, 0) is 0 Å². The van der Waals surface area contributed by atoms with Crippen LogP contribution in [-0.4, -0.2) is 45.1 Å². The van der Waals surface area contributed by atoms with Gasteiger partial charge < -0.3 is 19.0 Å². The number of quaternary nitrogens is 1. The van der Waals surface area contributed by atoms with E-state index >= 15 is 0 Å². The Morgan fingerprint density at radius 2 is 1.97 bits per heavy atom. The minimum atomic E-state index is -0.536. The number of benzene rings is 2. The lowest BCUT2D eigenvalue weighted by Crippen LogP contribution is -3.06. The van der Waals surface area contributed by atoms with Gasteiger partial charge in [-0.05, 0) is 35.9 Å². The summed E-state index contributed by atoms with van der Waals surface area (Å²) in [6.45, 7) is 1.23. The van der Waals surface area contributed by atoms with E-state index in [9.17, 15) is 9.59 Å². The number of likely N-dealkylation sites (N-methyl/N-ethyl adjacent to an activating group) is 1. The van der Waals surface area contributed by atoms with Gasteiger partial charge in [0, 0.05) is 5.02 Å². The summed E-state index contributed by atoms with van der Waals surface area (Å²) in [5.41, 5.74) is 1.28. The Hall–Kier alpha value is -2.83. The van der Waals surface area contributed by atoms with E-state index in [2.05, 4.69) is 0 Å². The number of fused-ring (bicyclic) bond motifs is 2. The van der Waals surface area contributed by atoms with Gasteiger partial charge in [0.05, 0.1) is 51.3 Å². The summed E-state index contributed by atoms with van der Waals surface area (Å²) in [6.07, 6.45) is 0. The maximum absolute atomic E-state index is 13.4. The molecule has 0 unspecified atom stereocenters. The third kappa shape index (κ3) is 3.39. The van der Waals surface area contributed by atoms with Crippen LogP contribution in [0.5, 0.6) is 5.75 Å². The van der Waals surface area contributed by atoms with Crippen LogP contribution < -0.4 is 15.1 Å². The number of hydrogen-bond acceptors (Lipinski definition) is 4. The standard InChI is InChI=1S/C22H21ClN2O4/c1-24(2)9-10-25-19(13-5-4-6-15(11-13)28-3)18-20(26)16-12-14(23)7-8-17(16)29-21(18)22(25)27/h4-8,11-12,19H,9-10H2,1-3H3/p+1/t19-/m1/s1. The van der Waals surface area contributed by atoms with Crippen molar-refractivity contribution >= 4 is 28.5 Å². The highest BCUT2D eigenvalue weighted by Crippen LogP contribution is 2.38. The van der Waals surface area contributed by atoms with E-state index in [1.54, 1.807) is 30.2 Å². The van der Waals surface area contributed by atoms with E-state index in [0.717, 1.165) is 12.1 Å². The van der Waals surface area contributed by atoms with E-state index < -0.39 is 6.04 Å². The summed E-state index contributed by atoms with van der Waals surface area (Å²) in [5.74, 6) is 0.490. The van der Waals surface area contributed by atoms with Gasteiger partial charge in [-0.3, -0.25) is 9.59 Å². The number of hydrogen-bond donors (Lipinski definition) is 1. The zero-order chi connectivity index (χ0) is 20.7. The molecule has 1 aliphatic rings. The topological polar surface area (TPSA) is 64.2 Å². The quantitative estimate of drug-likeness (QED) is 0.696. The first kappa shape index (κ1) is 19.5. The molecule has 1 aliphatic heterocycles. The van der Waals surface area contributed by atoms with Crippen LogP contribution in [0.1, 0.15) is 27.7 Å². The van der Waals surface area contributed by atoms with Gasteiger partial charge in [0.15, 0.2) is 5.43 Å². The van der Waals surface area contributed by atoms with Crippen molar-refractivity contribution < 1.29 is 18.8 Å². The van der Waals surface area contributed by atoms with Gasteiger partial charge in [-0.25, -0.2) is 0 Å². The van der Waals surface area contributed by atoms with Crippen molar-refractivity contribution in [3.05, 3.63) is 74.6 Å². The van der Waals surface area contributed by atoms with Crippen LogP contribution in [0, 0.1) is 0 Å². The highest BCUT2D eigenvalue weighted by Gasteiger charge is 2.43. The molecule has 1 N–H and O–H groups in total. The Kier molecular flexibility index (Phi) is 5.06. The second-order valence-electron chi connectivity index (χ2n) is 7.45. The maximum Gasteiger partial charge on any atom is 0.291 e. The average molecular weight is 414 g/mol. The lowest BCUT2D eigenvalue weighted by Gasteiger charge is -2.25. The molecule has 0 aliphatic carbocycles. The van der Waals surface area contributed by atoms with Crippen molar-refractivity contribution in [1.82, 2.24) is 4.90 Å². The predicted octanol–water partition coefficient (Wildman–Crippen LogP) is 2.14. The van der Waals surface area contributed by atoms with Crippen LogP contribution in [0.4, 0.5) is 0 Å². The molecule has 0 saturated heterocycles. The lowest BCUT2D eigenvalue weighted by molar-refractivity contribution is -0.857. The average Bonchev–Trinajstić information content (AvgIpc) is 2.99. The molecule has 2 heterocycles. The van der Waals surface area contributed by atoms with Crippen molar-refractivity contribution in [3.8, 4) is 5.75 Å². The molecule has 29 heavy (non-hydrogen) atoms. The lowest BCUT2D eigenvalue weighted by atomic mass is 9.98. The Bertz CT molecular complexity index is 1160. The van der Waals surface area contributed by atoms with Crippen molar-refractivity contribution in [2.75, 3.05) is 34.3 Å². The minimum absolute atomic E-state index is 0.103. The fourth-order valence-corrected chi connectivity index (χ4v) is 3.90. The number of nitrogens with one attached hydrogen (secondary N) is 1. The molecular formula is C22H22ClN2O4+. The molecule has 7 heteroatoms. The maximum atomic E-state index is 13.4. The van der Waals surface area contributed by atoms with Gasteiger partial charge in [0.2, 0.25) is 5.76 Å². The number of carbonyl (C=O) groups excluding carboxylic acids is 1. The number of amides is 1. The minimum Gasteiger partial charge on any atom is -0.497 e. The SMILES string of the molecule is COc1cccc([C@@H]2c3c(oc4ccc(Cl)cc4c3=O)C(=O)N2CC[NH+](C)C)c1. The zero-order valence-corrected chi connectivity index (χ0v) is 17.2. The predicted molar refractivity (Wildman–Crippen MR) is 111 cm³/mol. The normalized spacial score (nSPS) is 16.0. The van der Waals surface area contributed by atoms with Crippen molar-refractivity contribution in [2.45, 2.75) is 6.04 Å². The molecule has 0 radical (unpaired) electrons. The fourth-order valence-electron chi connectivity index (χ4n) is 3.73. The molecular weight excluding hydrogens is 392 g/mol. The molecule has 0 spiro atoms. The van der Waals surface area contributed by atoms with Gasteiger partial charge in [-0.15, -0.1) is 0 Å². The van der Waals surface area contributed by atoms with Gasteiger partial charge in [-0.1, -0.05) is 23.7 Å². The highest BCUT2D eigenvalue weighted by molar-refractivity contribution is 6.31. The molecule has 0 fully saturated rings. The summed E-state index contributed by atoms with van der Waals surface area (Å²) in [6, 6.07) is 11.8. The van der Waals surface area contributed by atoms with Crippen LogP contribution >= 0.6 is 11.6 Å². The summed E-state index contributed by atoms with van der Waals surface area (Å²) < 4.78 is 11.3. The molecule has 1 amide bonds. The van der Waals surface area contributed by atoms with E-state index in [4.69, 9.17) is 20.8 Å². The van der Waals surface area contributed by atoms with Crippen molar-refractivity contribution in [3.63, 3.8) is 0 Å². The monoisotopic (exact) mass is 413 g/mol. The number of ether oxygens (including phenoxy) is 1. The zero-order valence-electron chi connectivity index (χ0n) is 16.5. The van der Waals surface area contributed by atoms with E-state index in [1.807, 2.05) is 38.4 Å². The molecule has 2 aromatic carbocycles. The van der Waals surface area contributed by atoms with E-state index in [0.29, 0.717) is 33.8 Å². The van der Waals surface area contributed by atoms with Gasteiger partial charge >= 0.3 is 0 Å². The molecule has 1 aromatic heterocycles. The molecule has 6 nitrogen and oxygen atoms in total.